The van der Waals surface area contributed by atoms with E-state index >= 15 is 0 Å². The van der Waals surface area contributed by atoms with Crippen molar-refractivity contribution >= 4 is 0 Å². The maximum Gasteiger partial charge on any atom is 0.0247 e. The fourth-order valence-electron chi connectivity index (χ4n) is 3.02. The van der Waals surface area contributed by atoms with E-state index in [0.29, 0.717) is 12.0 Å². The van der Waals surface area contributed by atoms with Crippen LogP contribution < -0.4 is 5.73 Å². The molecular weight excluding hydrogens is 220 g/mol. The van der Waals surface area contributed by atoms with Crippen molar-refractivity contribution in [2.45, 2.75) is 45.7 Å². The first-order valence-electron chi connectivity index (χ1n) is 7.27. The van der Waals surface area contributed by atoms with Crippen LogP contribution in [0.15, 0.2) is 24.3 Å². The Morgan fingerprint density at radius 1 is 1.28 bits per heavy atom. The average molecular weight is 246 g/mol. The first-order chi connectivity index (χ1) is 8.76. The highest BCUT2D eigenvalue weighted by atomic mass is 15.2. The Balaban J connectivity index is 2.15. The molecule has 0 aliphatic carbocycles. The molecule has 2 rings (SSSR count). The summed E-state index contributed by atoms with van der Waals surface area (Å²) >= 11 is 0. The number of rotatable bonds is 4. The van der Waals surface area contributed by atoms with Crippen molar-refractivity contribution in [2.75, 3.05) is 13.1 Å². The number of aryl methyl sites for hydroxylation is 1. The van der Waals surface area contributed by atoms with Crippen molar-refractivity contribution in [2.24, 2.45) is 11.7 Å². The molecular formula is C16H26N2. The molecule has 0 spiro atoms. The zero-order chi connectivity index (χ0) is 13.0. The molecule has 18 heavy (non-hydrogen) atoms. The van der Waals surface area contributed by atoms with Crippen LogP contribution in [-0.4, -0.2) is 24.0 Å². The summed E-state index contributed by atoms with van der Waals surface area (Å²) in [4.78, 5) is 2.60. The molecule has 100 valence electrons. The molecule has 0 bridgehead atoms. The Morgan fingerprint density at radius 2 is 2.00 bits per heavy atom. The lowest BCUT2D eigenvalue weighted by Gasteiger charge is -2.34. The zero-order valence-corrected chi connectivity index (χ0v) is 11.7. The monoisotopic (exact) mass is 246 g/mol. The van der Waals surface area contributed by atoms with Gasteiger partial charge >= 0.3 is 0 Å². The Morgan fingerprint density at radius 3 is 2.67 bits per heavy atom. The quantitative estimate of drug-likeness (QED) is 0.885. The highest BCUT2D eigenvalue weighted by molar-refractivity contribution is 5.28. The number of fused-ring (bicyclic) bond motifs is 1. The molecule has 0 aromatic heterocycles. The second kappa shape index (κ2) is 6.35. The van der Waals surface area contributed by atoms with E-state index in [1.165, 1.54) is 36.9 Å². The molecule has 2 N–H and O–H groups in total. The molecule has 0 saturated carbocycles. The average Bonchev–Trinajstić information content (AvgIpc) is 2.61. The van der Waals surface area contributed by atoms with Gasteiger partial charge in [-0.15, -0.1) is 0 Å². The zero-order valence-electron chi connectivity index (χ0n) is 11.7. The van der Waals surface area contributed by atoms with E-state index in [1.807, 2.05) is 0 Å². The van der Waals surface area contributed by atoms with Crippen LogP contribution in [0.25, 0.3) is 0 Å². The normalized spacial score (nSPS) is 19.9. The van der Waals surface area contributed by atoms with Gasteiger partial charge in [-0.05, 0) is 36.4 Å². The van der Waals surface area contributed by atoms with Crippen LogP contribution in [0.5, 0.6) is 0 Å². The fourth-order valence-corrected chi connectivity index (χ4v) is 3.02. The predicted molar refractivity (Wildman–Crippen MR) is 77.5 cm³/mol. The Hall–Kier alpha value is -0.860. The van der Waals surface area contributed by atoms with Crippen LogP contribution in [0.4, 0.5) is 0 Å². The maximum absolute atomic E-state index is 6.01. The number of hydrogen-bond donors (Lipinski definition) is 1. The fraction of sp³-hybridized carbons (Fsp3) is 0.625. The van der Waals surface area contributed by atoms with E-state index in [9.17, 15) is 0 Å². The molecule has 1 heterocycles. The second-order valence-corrected chi connectivity index (χ2v) is 5.53. The number of nitrogens with zero attached hydrogens (tertiary/aromatic N) is 1. The van der Waals surface area contributed by atoms with E-state index in [-0.39, 0.29) is 0 Å². The highest BCUT2D eigenvalue weighted by Gasteiger charge is 2.24. The van der Waals surface area contributed by atoms with Crippen LogP contribution in [-0.2, 0) is 13.0 Å². The van der Waals surface area contributed by atoms with Crippen molar-refractivity contribution in [3.63, 3.8) is 0 Å². The van der Waals surface area contributed by atoms with Gasteiger partial charge < -0.3 is 5.73 Å². The lowest BCUT2D eigenvalue weighted by molar-refractivity contribution is 0.144. The summed E-state index contributed by atoms with van der Waals surface area (Å²) < 4.78 is 0. The van der Waals surface area contributed by atoms with E-state index in [2.05, 4.69) is 43.0 Å². The van der Waals surface area contributed by atoms with Crippen molar-refractivity contribution in [1.82, 2.24) is 4.90 Å². The van der Waals surface area contributed by atoms with Crippen molar-refractivity contribution in [1.29, 1.82) is 0 Å². The molecule has 2 unspecified atom stereocenters. The first-order valence-corrected chi connectivity index (χ1v) is 7.27. The van der Waals surface area contributed by atoms with Crippen molar-refractivity contribution in [3.8, 4) is 0 Å². The molecule has 0 saturated heterocycles. The molecule has 2 nitrogen and oxygen atoms in total. The van der Waals surface area contributed by atoms with E-state index in [1.54, 1.807) is 0 Å². The Kier molecular flexibility index (Phi) is 4.79. The third-order valence-electron chi connectivity index (χ3n) is 4.39. The topological polar surface area (TPSA) is 29.3 Å². The van der Waals surface area contributed by atoms with Gasteiger partial charge in [0.25, 0.3) is 0 Å². The van der Waals surface area contributed by atoms with Crippen molar-refractivity contribution in [3.05, 3.63) is 35.4 Å². The third-order valence-corrected chi connectivity index (χ3v) is 4.39. The largest absolute Gasteiger partial charge is 0.329 e. The van der Waals surface area contributed by atoms with Gasteiger partial charge in [0, 0.05) is 19.1 Å². The molecule has 2 heteroatoms. The molecule has 2 atom stereocenters. The number of nitrogens with two attached hydrogens (primary N) is 1. The molecule has 0 radical (unpaired) electrons. The second-order valence-electron chi connectivity index (χ2n) is 5.53. The van der Waals surface area contributed by atoms with Gasteiger partial charge in [0.15, 0.2) is 0 Å². The van der Waals surface area contributed by atoms with E-state index in [4.69, 9.17) is 5.73 Å². The molecule has 0 amide bonds. The first kappa shape index (κ1) is 13.6. The van der Waals surface area contributed by atoms with Gasteiger partial charge in [0.2, 0.25) is 0 Å². The van der Waals surface area contributed by atoms with Gasteiger partial charge in [-0.1, -0.05) is 44.5 Å². The summed E-state index contributed by atoms with van der Waals surface area (Å²) in [5, 5.41) is 0. The molecule has 1 aromatic carbocycles. The summed E-state index contributed by atoms with van der Waals surface area (Å²) in [6.45, 7) is 7.62. The lowest BCUT2D eigenvalue weighted by atomic mass is 9.97. The predicted octanol–water partition coefficient (Wildman–Crippen LogP) is 2.81. The van der Waals surface area contributed by atoms with Crippen LogP contribution in [0.2, 0.25) is 0 Å². The van der Waals surface area contributed by atoms with Crippen molar-refractivity contribution < 1.29 is 0 Å². The van der Waals surface area contributed by atoms with Crippen LogP contribution >= 0.6 is 0 Å². The number of benzene rings is 1. The summed E-state index contributed by atoms with van der Waals surface area (Å²) in [6.07, 6.45) is 3.68. The molecule has 1 aliphatic rings. The summed E-state index contributed by atoms with van der Waals surface area (Å²) in [5.41, 5.74) is 9.03. The summed E-state index contributed by atoms with van der Waals surface area (Å²) in [5.74, 6) is 0.681. The van der Waals surface area contributed by atoms with Gasteiger partial charge in [0.1, 0.15) is 0 Å². The van der Waals surface area contributed by atoms with Gasteiger partial charge in [-0.2, -0.15) is 0 Å². The minimum Gasteiger partial charge on any atom is -0.329 e. The molecule has 0 fully saturated rings. The van der Waals surface area contributed by atoms with Crippen LogP contribution in [0, 0.1) is 5.92 Å². The third kappa shape index (κ3) is 2.93. The summed E-state index contributed by atoms with van der Waals surface area (Å²) in [7, 11) is 0. The van der Waals surface area contributed by atoms with Gasteiger partial charge in [0.05, 0.1) is 0 Å². The van der Waals surface area contributed by atoms with E-state index < -0.39 is 0 Å². The van der Waals surface area contributed by atoms with Crippen LogP contribution in [0.1, 0.15) is 37.8 Å². The Bertz CT molecular complexity index is 375. The van der Waals surface area contributed by atoms with E-state index in [0.717, 1.165) is 13.1 Å². The minimum absolute atomic E-state index is 0.529. The smallest absolute Gasteiger partial charge is 0.0247 e. The molecule has 1 aliphatic heterocycles. The highest BCUT2D eigenvalue weighted by Crippen LogP contribution is 2.23. The standard InChI is InChI=1S/C16H26N2/c1-3-13(2)16(11-17)18-10-6-9-14-7-4-5-8-15(14)12-18/h4-5,7-8,13,16H,3,6,9-12,17H2,1-2H3. The lowest BCUT2D eigenvalue weighted by Crippen LogP contribution is -2.44. The van der Waals surface area contributed by atoms with Crippen LogP contribution in [0.3, 0.4) is 0 Å². The van der Waals surface area contributed by atoms with Gasteiger partial charge in [-0.3, -0.25) is 4.90 Å². The number of hydrogen-bond acceptors (Lipinski definition) is 2. The SMILES string of the molecule is CCC(C)C(CN)N1CCCc2ccccc2C1. The molecule has 1 aromatic rings. The summed E-state index contributed by atoms with van der Waals surface area (Å²) in [6, 6.07) is 9.39. The Labute approximate surface area is 111 Å². The minimum atomic E-state index is 0.529. The van der Waals surface area contributed by atoms with Gasteiger partial charge in [-0.25, -0.2) is 0 Å². The maximum atomic E-state index is 6.01.